The Morgan fingerprint density at radius 2 is 1.87 bits per heavy atom. The van der Waals surface area contributed by atoms with Gasteiger partial charge in [0.2, 0.25) is 10.0 Å². The van der Waals surface area contributed by atoms with Crippen molar-refractivity contribution in [3.8, 4) is 0 Å². The zero-order valence-electron chi connectivity index (χ0n) is 12.6. The number of pyridine rings is 1. The van der Waals surface area contributed by atoms with Crippen molar-refractivity contribution in [1.29, 1.82) is 0 Å². The molecule has 0 atom stereocenters. The predicted octanol–water partition coefficient (Wildman–Crippen LogP) is 1.99. The predicted molar refractivity (Wildman–Crippen MR) is 86.3 cm³/mol. The molecule has 0 radical (unpaired) electrons. The van der Waals surface area contributed by atoms with Crippen molar-refractivity contribution >= 4 is 15.7 Å². The molecule has 23 heavy (non-hydrogen) atoms. The first-order chi connectivity index (χ1) is 10.9. The van der Waals surface area contributed by atoms with Gasteiger partial charge in [-0.1, -0.05) is 18.2 Å². The van der Waals surface area contributed by atoms with E-state index in [1.807, 2.05) is 12.1 Å². The van der Waals surface area contributed by atoms with E-state index in [1.54, 1.807) is 12.3 Å². The first kappa shape index (κ1) is 17.0. The first-order valence-corrected chi connectivity index (χ1v) is 8.56. The number of hydrogen-bond acceptors (Lipinski definition) is 5. The van der Waals surface area contributed by atoms with E-state index in [0.717, 1.165) is 5.69 Å². The summed E-state index contributed by atoms with van der Waals surface area (Å²) in [6.45, 7) is 0.326. The maximum Gasteiger partial charge on any atom is 0.269 e. The molecule has 2 rings (SSSR count). The maximum absolute atomic E-state index is 12.3. The van der Waals surface area contributed by atoms with Crippen molar-refractivity contribution < 1.29 is 13.3 Å². The van der Waals surface area contributed by atoms with Crippen molar-refractivity contribution in [1.82, 2.24) is 9.29 Å². The molecule has 7 nitrogen and oxygen atoms in total. The van der Waals surface area contributed by atoms with Crippen molar-refractivity contribution in [2.45, 2.75) is 12.2 Å². The molecular formula is C15H17N3O4S. The summed E-state index contributed by atoms with van der Waals surface area (Å²) >= 11 is 0. The summed E-state index contributed by atoms with van der Waals surface area (Å²) in [5.74, 6) is -0.191. The van der Waals surface area contributed by atoms with E-state index in [-0.39, 0.29) is 11.4 Å². The molecular weight excluding hydrogens is 318 g/mol. The lowest BCUT2D eigenvalue weighted by Gasteiger charge is -2.17. The van der Waals surface area contributed by atoms with Gasteiger partial charge in [-0.05, 0) is 17.7 Å². The Hall–Kier alpha value is -2.32. The van der Waals surface area contributed by atoms with Gasteiger partial charge in [0.15, 0.2) is 0 Å². The number of non-ortho nitro benzene ring substituents is 1. The fraction of sp³-hybridized carbons (Fsp3) is 0.267. The largest absolute Gasteiger partial charge is 0.269 e. The molecule has 0 amide bonds. The summed E-state index contributed by atoms with van der Waals surface area (Å²) in [7, 11) is -1.96. The second-order valence-electron chi connectivity index (χ2n) is 5.07. The molecule has 8 heteroatoms. The highest BCUT2D eigenvalue weighted by atomic mass is 32.2. The van der Waals surface area contributed by atoms with Crippen LogP contribution in [0.3, 0.4) is 0 Å². The summed E-state index contributed by atoms with van der Waals surface area (Å²) in [4.78, 5) is 14.2. The Morgan fingerprint density at radius 3 is 2.43 bits per heavy atom. The number of benzene rings is 1. The zero-order chi connectivity index (χ0) is 16.9. The normalized spacial score (nSPS) is 11.6. The van der Waals surface area contributed by atoms with Gasteiger partial charge in [0, 0.05) is 44.0 Å². The molecule has 0 saturated carbocycles. The Kier molecular flexibility index (Phi) is 5.41. The fourth-order valence-electron chi connectivity index (χ4n) is 1.99. The third kappa shape index (κ3) is 4.83. The Balaban J connectivity index is 1.98. The summed E-state index contributed by atoms with van der Waals surface area (Å²) in [6, 6.07) is 11.0. The number of nitrogens with zero attached hydrogens (tertiary/aromatic N) is 3. The average Bonchev–Trinajstić information content (AvgIpc) is 2.53. The van der Waals surface area contributed by atoms with Gasteiger partial charge in [0.1, 0.15) is 0 Å². The molecule has 0 unspecified atom stereocenters. The minimum Gasteiger partial charge on any atom is -0.261 e. The molecule has 0 N–H and O–H groups in total. The number of sulfonamides is 1. The molecule has 0 aliphatic heterocycles. The molecule has 122 valence electrons. The molecule has 1 aromatic heterocycles. The van der Waals surface area contributed by atoms with Crippen molar-refractivity contribution in [3.63, 3.8) is 0 Å². The van der Waals surface area contributed by atoms with Crippen LogP contribution in [-0.4, -0.2) is 36.2 Å². The van der Waals surface area contributed by atoms with Crippen molar-refractivity contribution in [2.24, 2.45) is 0 Å². The van der Waals surface area contributed by atoms with E-state index in [2.05, 4.69) is 4.98 Å². The van der Waals surface area contributed by atoms with Gasteiger partial charge < -0.3 is 0 Å². The van der Waals surface area contributed by atoms with Crippen molar-refractivity contribution in [3.05, 3.63) is 70.0 Å². The minimum atomic E-state index is -3.48. The lowest BCUT2D eigenvalue weighted by atomic mass is 10.2. The van der Waals surface area contributed by atoms with Gasteiger partial charge in [-0.15, -0.1) is 0 Å². The SMILES string of the molecule is CN(CCc1ccccn1)S(=O)(=O)Cc1ccc([N+](=O)[O-])cc1. The monoisotopic (exact) mass is 335 g/mol. The van der Waals surface area contributed by atoms with Crippen LogP contribution < -0.4 is 0 Å². The Bertz CT molecular complexity index is 761. The molecule has 0 aliphatic rings. The van der Waals surface area contributed by atoms with E-state index < -0.39 is 14.9 Å². The zero-order valence-corrected chi connectivity index (χ0v) is 13.4. The minimum absolute atomic E-state index is 0.0605. The third-order valence-electron chi connectivity index (χ3n) is 3.38. The Morgan fingerprint density at radius 1 is 1.17 bits per heavy atom. The summed E-state index contributed by atoms with van der Waals surface area (Å²) < 4.78 is 25.9. The molecule has 1 heterocycles. The highest BCUT2D eigenvalue weighted by molar-refractivity contribution is 7.88. The van der Waals surface area contributed by atoms with E-state index in [0.29, 0.717) is 18.5 Å². The van der Waals surface area contributed by atoms with Crippen LogP contribution >= 0.6 is 0 Å². The van der Waals surface area contributed by atoms with Crippen LogP contribution in [0.2, 0.25) is 0 Å². The smallest absolute Gasteiger partial charge is 0.261 e. The van der Waals surface area contributed by atoms with Crippen molar-refractivity contribution in [2.75, 3.05) is 13.6 Å². The van der Waals surface area contributed by atoms with Gasteiger partial charge in [-0.25, -0.2) is 12.7 Å². The van der Waals surface area contributed by atoms with Crippen LogP contribution in [0.1, 0.15) is 11.3 Å². The van der Waals surface area contributed by atoms with Gasteiger partial charge in [0.05, 0.1) is 10.7 Å². The highest BCUT2D eigenvalue weighted by Gasteiger charge is 2.19. The second kappa shape index (κ2) is 7.30. The quantitative estimate of drug-likeness (QED) is 0.570. The molecule has 2 aromatic rings. The van der Waals surface area contributed by atoms with E-state index in [4.69, 9.17) is 0 Å². The number of aromatic nitrogens is 1. The van der Waals surface area contributed by atoms with Crippen LogP contribution in [-0.2, 0) is 22.2 Å². The number of nitro groups is 1. The van der Waals surface area contributed by atoms with Crippen LogP contribution in [0.15, 0.2) is 48.7 Å². The number of likely N-dealkylation sites (N-methyl/N-ethyl adjacent to an activating group) is 1. The highest BCUT2D eigenvalue weighted by Crippen LogP contribution is 2.15. The molecule has 1 aromatic carbocycles. The van der Waals surface area contributed by atoms with Gasteiger partial charge in [0.25, 0.3) is 5.69 Å². The molecule has 0 saturated heterocycles. The van der Waals surface area contributed by atoms with Gasteiger partial charge in [-0.3, -0.25) is 15.1 Å². The third-order valence-corrected chi connectivity index (χ3v) is 5.21. The first-order valence-electron chi connectivity index (χ1n) is 6.96. The standard InChI is InChI=1S/C15H17N3O4S/c1-17(11-9-14-4-2-3-10-16-14)23(21,22)12-13-5-7-15(8-6-13)18(19)20/h2-8,10H,9,11-12H2,1H3. The van der Waals surface area contributed by atoms with Gasteiger partial charge in [-0.2, -0.15) is 0 Å². The number of nitro benzene ring substituents is 1. The van der Waals surface area contributed by atoms with Crippen LogP contribution in [0.25, 0.3) is 0 Å². The van der Waals surface area contributed by atoms with E-state index in [1.165, 1.54) is 35.6 Å². The van der Waals surface area contributed by atoms with Crippen LogP contribution in [0.5, 0.6) is 0 Å². The number of rotatable bonds is 7. The molecule has 0 fully saturated rings. The lowest BCUT2D eigenvalue weighted by molar-refractivity contribution is -0.384. The topological polar surface area (TPSA) is 93.4 Å². The summed E-state index contributed by atoms with van der Waals surface area (Å²) in [5.41, 5.74) is 1.28. The molecule has 0 bridgehead atoms. The maximum atomic E-state index is 12.3. The lowest BCUT2D eigenvalue weighted by Crippen LogP contribution is -2.30. The Labute approximate surface area is 134 Å². The van der Waals surface area contributed by atoms with Crippen LogP contribution in [0, 0.1) is 10.1 Å². The summed E-state index contributed by atoms with van der Waals surface area (Å²) in [6.07, 6.45) is 2.19. The number of hydrogen-bond donors (Lipinski definition) is 0. The average molecular weight is 335 g/mol. The van der Waals surface area contributed by atoms with Gasteiger partial charge >= 0.3 is 0 Å². The van der Waals surface area contributed by atoms with E-state index in [9.17, 15) is 18.5 Å². The molecule has 0 spiro atoms. The van der Waals surface area contributed by atoms with E-state index >= 15 is 0 Å². The summed E-state index contributed by atoms with van der Waals surface area (Å²) in [5, 5.41) is 10.6. The second-order valence-corrected chi connectivity index (χ2v) is 7.15. The van der Waals surface area contributed by atoms with Crippen LogP contribution in [0.4, 0.5) is 5.69 Å². The fourth-order valence-corrected chi connectivity index (χ4v) is 3.20. The molecule has 0 aliphatic carbocycles.